The zero-order valence-electron chi connectivity index (χ0n) is 14.4. The molecule has 1 aromatic rings. The van der Waals surface area contributed by atoms with Gasteiger partial charge in [-0.1, -0.05) is 12.1 Å². The maximum absolute atomic E-state index is 12.0. The number of hydrogen-bond acceptors (Lipinski definition) is 2. The molecule has 5 heteroatoms. The second-order valence-electron chi connectivity index (χ2n) is 6.55. The summed E-state index contributed by atoms with van der Waals surface area (Å²) in [5.41, 5.74) is 2.99. The van der Waals surface area contributed by atoms with Crippen LogP contribution in [0.25, 0.3) is 0 Å². The monoisotopic (exact) mass is 318 g/mol. The van der Waals surface area contributed by atoms with Crippen LogP contribution in [0.5, 0.6) is 0 Å². The van der Waals surface area contributed by atoms with E-state index < -0.39 is 0 Å². The molecule has 2 amide bonds. The van der Waals surface area contributed by atoms with Crippen molar-refractivity contribution in [1.82, 2.24) is 5.32 Å². The van der Waals surface area contributed by atoms with E-state index in [1.165, 1.54) is 24.2 Å². The third-order valence-electron chi connectivity index (χ3n) is 4.79. The van der Waals surface area contributed by atoms with Gasteiger partial charge in [0, 0.05) is 5.69 Å². The van der Waals surface area contributed by atoms with Crippen molar-refractivity contribution in [2.75, 3.05) is 25.0 Å². The predicted octanol–water partition coefficient (Wildman–Crippen LogP) is 0.815. The lowest BCUT2D eigenvalue weighted by Crippen LogP contribution is -3.17. The van der Waals surface area contributed by atoms with E-state index in [-0.39, 0.29) is 18.4 Å². The van der Waals surface area contributed by atoms with E-state index in [4.69, 9.17) is 0 Å². The Bertz CT molecular complexity index is 571. The molecule has 1 fully saturated rings. The average molecular weight is 318 g/mol. The molecule has 5 nitrogen and oxygen atoms in total. The molecule has 2 atom stereocenters. The fourth-order valence-electron chi connectivity index (χ4n) is 3.04. The lowest BCUT2D eigenvalue weighted by atomic mass is 10.0. The van der Waals surface area contributed by atoms with Crippen LogP contribution < -0.4 is 15.5 Å². The van der Waals surface area contributed by atoms with Crippen LogP contribution in [-0.4, -0.2) is 37.5 Å². The van der Waals surface area contributed by atoms with Crippen LogP contribution >= 0.6 is 0 Å². The minimum atomic E-state index is -0.186. The smallest absolute Gasteiger partial charge is 0.275 e. The molecule has 0 bridgehead atoms. The lowest BCUT2D eigenvalue weighted by molar-refractivity contribution is -0.920. The Balaban J connectivity index is 1.77. The summed E-state index contributed by atoms with van der Waals surface area (Å²) in [4.78, 5) is 25.4. The van der Waals surface area contributed by atoms with Gasteiger partial charge < -0.3 is 15.5 Å². The van der Waals surface area contributed by atoms with Gasteiger partial charge in [-0.3, -0.25) is 9.59 Å². The Morgan fingerprint density at radius 3 is 2.74 bits per heavy atom. The quantitative estimate of drug-likeness (QED) is 0.752. The van der Waals surface area contributed by atoms with Gasteiger partial charge in [0.25, 0.3) is 5.91 Å². The Morgan fingerprint density at radius 1 is 1.22 bits per heavy atom. The Hall–Kier alpha value is -1.88. The number of anilines is 1. The zero-order chi connectivity index (χ0) is 16.8. The van der Waals surface area contributed by atoms with E-state index in [1.54, 1.807) is 0 Å². The molecular weight excluding hydrogens is 290 g/mol. The number of carbonyl (C=O) groups is 2. The average Bonchev–Trinajstić information content (AvgIpc) is 2.52. The van der Waals surface area contributed by atoms with Crippen molar-refractivity contribution in [3.05, 3.63) is 29.3 Å². The maximum Gasteiger partial charge on any atom is 0.275 e. The molecule has 1 aromatic carbocycles. The first-order valence-electron chi connectivity index (χ1n) is 8.44. The number of rotatable bonds is 5. The van der Waals surface area contributed by atoms with Crippen LogP contribution in [0.15, 0.2) is 18.2 Å². The van der Waals surface area contributed by atoms with Crippen LogP contribution in [0.4, 0.5) is 5.69 Å². The summed E-state index contributed by atoms with van der Waals surface area (Å²) in [6, 6.07) is 6.33. The Labute approximate surface area is 138 Å². The SMILES string of the molecule is Cc1cccc(NC(=O)CNC(=O)C[NH+]2CCCC[C@H]2C)c1C. The molecule has 0 radical (unpaired) electrons. The molecule has 1 aliphatic rings. The van der Waals surface area contributed by atoms with Crippen LogP contribution in [-0.2, 0) is 9.59 Å². The van der Waals surface area contributed by atoms with Gasteiger partial charge in [-0.2, -0.15) is 0 Å². The first-order chi connectivity index (χ1) is 11.0. The summed E-state index contributed by atoms with van der Waals surface area (Å²) in [6.45, 7) is 7.70. The fourth-order valence-corrected chi connectivity index (χ4v) is 3.04. The molecule has 0 aliphatic carbocycles. The summed E-state index contributed by atoms with van der Waals surface area (Å²) in [7, 11) is 0. The third-order valence-corrected chi connectivity index (χ3v) is 4.79. The van der Waals surface area contributed by atoms with Gasteiger partial charge in [0.2, 0.25) is 5.91 Å². The molecule has 1 heterocycles. The molecule has 1 unspecified atom stereocenters. The molecular formula is C18H28N3O2+. The Morgan fingerprint density at radius 2 is 2.00 bits per heavy atom. The van der Waals surface area contributed by atoms with Crippen molar-refractivity contribution >= 4 is 17.5 Å². The standard InChI is InChI=1S/C18H27N3O2/c1-13-7-6-9-16(15(13)3)20-17(22)11-19-18(23)12-21-10-5-4-8-14(21)2/h6-7,9,14H,4-5,8,10-12H2,1-3H3,(H,19,23)(H,20,22)/p+1/t14-/m1/s1. The maximum atomic E-state index is 12.0. The highest BCUT2D eigenvalue weighted by molar-refractivity contribution is 5.95. The number of nitrogens with one attached hydrogen (secondary N) is 3. The third kappa shape index (κ3) is 5.06. The van der Waals surface area contributed by atoms with Crippen LogP contribution in [0.2, 0.25) is 0 Å². The van der Waals surface area contributed by atoms with Crippen LogP contribution in [0.3, 0.4) is 0 Å². The molecule has 1 saturated heterocycles. The van der Waals surface area contributed by atoms with E-state index in [0.29, 0.717) is 12.6 Å². The van der Waals surface area contributed by atoms with E-state index >= 15 is 0 Å². The van der Waals surface area contributed by atoms with E-state index in [0.717, 1.165) is 23.4 Å². The van der Waals surface area contributed by atoms with Crippen molar-refractivity contribution in [2.45, 2.75) is 46.1 Å². The molecule has 23 heavy (non-hydrogen) atoms. The summed E-state index contributed by atoms with van der Waals surface area (Å²) in [6.07, 6.45) is 3.61. The normalized spacial score (nSPS) is 20.8. The van der Waals surface area contributed by atoms with E-state index in [1.807, 2.05) is 32.0 Å². The van der Waals surface area contributed by atoms with Gasteiger partial charge in [0.05, 0.1) is 19.1 Å². The number of benzene rings is 1. The number of carbonyl (C=O) groups excluding carboxylic acids is 2. The number of likely N-dealkylation sites (tertiary alicyclic amines) is 1. The van der Waals surface area contributed by atoms with Crippen molar-refractivity contribution in [2.24, 2.45) is 0 Å². The lowest BCUT2D eigenvalue weighted by Gasteiger charge is -2.29. The van der Waals surface area contributed by atoms with Gasteiger partial charge in [0.15, 0.2) is 6.54 Å². The molecule has 3 N–H and O–H groups in total. The number of hydrogen-bond donors (Lipinski definition) is 3. The molecule has 0 aromatic heterocycles. The van der Waals surface area contributed by atoms with Crippen LogP contribution in [0.1, 0.15) is 37.3 Å². The Kier molecular flexibility index (Phi) is 6.16. The topological polar surface area (TPSA) is 62.6 Å². The minimum Gasteiger partial charge on any atom is -0.342 e. The van der Waals surface area contributed by atoms with E-state index in [9.17, 15) is 9.59 Å². The van der Waals surface area contributed by atoms with Gasteiger partial charge in [-0.05, 0) is 57.2 Å². The molecule has 126 valence electrons. The number of amides is 2. The van der Waals surface area contributed by atoms with Crippen molar-refractivity contribution in [3.63, 3.8) is 0 Å². The molecule has 2 rings (SSSR count). The van der Waals surface area contributed by atoms with Crippen LogP contribution in [0, 0.1) is 13.8 Å². The highest BCUT2D eigenvalue weighted by Crippen LogP contribution is 2.17. The largest absolute Gasteiger partial charge is 0.342 e. The van der Waals surface area contributed by atoms with Crippen molar-refractivity contribution in [3.8, 4) is 0 Å². The first kappa shape index (κ1) is 17.5. The second-order valence-corrected chi connectivity index (χ2v) is 6.55. The van der Waals surface area contributed by atoms with Gasteiger partial charge in [0.1, 0.15) is 0 Å². The number of quaternary nitrogens is 1. The van der Waals surface area contributed by atoms with Crippen molar-refractivity contribution < 1.29 is 14.5 Å². The minimum absolute atomic E-state index is 0.0217. The summed E-state index contributed by atoms with van der Waals surface area (Å²) < 4.78 is 0. The summed E-state index contributed by atoms with van der Waals surface area (Å²) in [5, 5.41) is 5.59. The number of piperidine rings is 1. The van der Waals surface area contributed by atoms with E-state index in [2.05, 4.69) is 17.6 Å². The number of aryl methyl sites for hydroxylation is 1. The zero-order valence-corrected chi connectivity index (χ0v) is 14.4. The first-order valence-corrected chi connectivity index (χ1v) is 8.44. The molecule has 0 spiro atoms. The molecule has 0 saturated carbocycles. The van der Waals surface area contributed by atoms with Crippen molar-refractivity contribution in [1.29, 1.82) is 0 Å². The highest BCUT2D eigenvalue weighted by atomic mass is 16.2. The molecule has 1 aliphatic heterocycles. The summed E-state index contributed by atoms with van der Waals surface area (Å²) in [5.74, 6) is -0.237. The van der Waals surface area contributed by atoms with Gasteiger partial charge in [-0.25, -0.2) is 0 Å². The highest BCUT2D eigenvalue weighted by Gasteiger charge is 2.24. The predicted molar refractivity (Wildman–Crippen MR) is 91.6 cm³/mol. The van der Waals surface area contributed by atoms with Gasteiger partial charge >= 0.3 is 0 Å². The fraction of sp³-hybridized carbons (Fsp3) is 0.556. The summed E-state index contributed by atoms with van der Waals surface area (Å²) >= 11 is 0. The van der Waals surface area contributed by atoms with Gasteiger partial charge in [-0.15, -0.1) is 0 Å². The second kappa shape index (κ2) is 8.11.